The SMILES string of the molecule is CC(c1ccc(F)cc1)N(C)C(=O)CCl. The van der Waals surface area contributed by atoms with E-state index in [1.807, 2.05) is 6.92 Å². The summed E-state index contributed by atoms with van der Waals surface area (Å²) in [6.07, 6.45) is 0. The highest BCUT2D eigenvalue weighted by molar-refractivity contribution is 6.27. The fourth-order valence-electron chi connectivity index (χ4n) is 1.28. The summed E-state index contributed by atoms with van der Waals surface area (Å²) in [4.78, 5) is 12.9. The smallest absolute Gasteiger partial charge is 0.237 e. The number of hydrogen-bond donors (Lipinski definition) is 0. The molecule has 0 saturated carbocycles. The van der Waals surface area contributed by atoms with E-state index < -0.39 is 0 Å². The Hall–Kier alpha value is -1.09. The van der Waals surface area contributed by atoms with Gasteiger partial charge >= 0.3 is 0 Å². The van der Waals surface area contributed by atoms with Crippen molar-refractivity contribution in [3.05, 3.63) is 35.6 Å². The maximum atomic E-state index is 12.7. The summed E-state index contributed by atoms with van der Waals surface area (Å²) in [5.74, 6) is -0.465. The monoisotopic (exact) mass is 229 g/mol. The maximum absolute atomic E-state index is 12.7. The van der Waals surface area contributed by atoms with Gasteiger partial charge in [0, 0.05) is 7.05 Å². The molecule has 0 spiro atoms. The van der Waals surface area contributed by atoms with E-state index in [0.717, 1.165) is 5.56 Å². The van der Waals surface area contributed by atoms with Crippen LogP contribution in [0.25, 0.3) is 0 Å². The molecule has 0 fully saturated rings. The van der Waals surface area contributed by atoms with Gasteiger partial charge in [0.05, 0.1) is 6.04 Å². The summed E-state index contributed by atoms with van der Waals surface area (Å²) in [5, 5.41) is 0. The molecule has 0 aliphatic carbocycles. The first-order valence-corrected chi connectivity index (χ1v) is 5.16. The van der Waals surface area contributed by atoms with Crippen molar-refractivity contribution in [2.45, 2.75) is 13.0 Å². The summed E-state index contributed by atoms with van der Waals surface area (Å²) in [6, 6.07) is 5.99. The highest BCUT2D eigenvalue weighted by atomic mass is 35.5. The van der Waals surface area contributed by atoms with Crippen molar-refractivity contribution < 1.29 is 9.18 Å². The molecule has 0 N–H and O–H groups in total. The van der Waals surface area contributed by atoms with E-state index in [4.69, 9.17) is 11.6 Å². The van der Waals surface area contributed by atoms with Crippen LogP contribution in [0.5, 0.6) is 0 Å². The van der Waals surface area contributed by atoms with Crippen LogP contribution in [0, 0.1) is 5.82 Å². The van der Waals surface area contributed by atoms with Crippen molar-refractivity contribution in [3.63, 3.8) is 0 Å². The van der Waals surface area contributed by atoms with Gasteiger partial charge in [-0.25, -0.2) is 4.39 Å². The van der Waals surface area contributed by atoms with E-state index in [2.05, 4.69) is 0 Å². The first-order valence-electron chi connectivity index (χ1n) is 4.63. The Morgan fingerprint density at radius 1 is 1.47 bits per heavy atom. The number of carbonyl (C=O) groups is 1. The van der Waals surface area contributed by atoms with E-state index >= 15 is 0 Å². The Labute approximate surface area is 93.6 Å². The Balaban J connectivity index is 2.80. The van der Waals surface area contributed by atoms with Crippen molar-refractivity contribution in [2.24, 2.45) is 0 Å². The fourth-order valence-corrected chi connectivity index (χ4v) is 1.46. The van der Waals surface area contributed by atoms with Crippen LogP contribution >= 0.6 is 11.6 Å². The minimum Gasteiger partial charge on any atom is -0.338 e. The summed E-state index contributed by atoms with van der Waals surface area (Å²) in [5.41, 5.74) is 0.886. The second kappa shape index (κ2) is 5.12. The highest BCUT2D eigenvalue weighted by Crippen LogP contribution is 2.19. The zero-order valence-corrected chi connectivity index (χ0v) is 9.46. The molecule has 0 radical (unpaired) electrons. The Morgan fingerprint density at radius 3 is 2.47 bits per heavy atom. The molecule has 0 heterocycles. The average Bonchev–Trinajstić information content (AvgIpc) is 2.27. The van der Waals surface area contributed by atoms with Gasteiger partial charge in [-0.3, -0.25) is 4.79 Å². The van der Waals surface area contributed by atoms with Crippen LogP contribution in [0.15, 0.2) is 24.3 Å². The fraction of sp³-hybridized carbons (Fsp3) is 0.364. The van der Waals surface area contributed by atoms with Crippen molar-refractivity contribution >= 4 is 17.5 Å². The molecular weight excluding hydrogens is 217 g/mol. The highest BCUT2D eigenvalue weighted by Gasteiger charge is 2.15. The molecule has 0 bridgehead atoms. The van der Waals surface area contributed by atoms with Crippen molar-refractivity contribution in [3.8, 4) is 0 Å². The molecule has 4 heteroatoms. The van der Waals surface area contributed by atoms with Crippen molar-refractivity contribution in [2.75, 3.05) is 12.9 Å². The lowest BCUT2D eigenvalue weighted by atomic mass is 10.1. The van der Waals surface area contributed by atoms with E-state index in [1.54, 1.807) is 24.1 Å². The summed E-state index contributed by atoms with van der Waals surface area (Å²) in [6.45, 7) is 1.87. The second-order valence-electron chi connectivity index (χ2n) is 3.37. The number of carbonyl (C=O) groups excluding carboxylic acids is 1. The molecule has 1 atom stereocenters. The number of rotatable bonds is 3. The van der Waals surface area contributed by atoms with Crippen LogP contribution in [0.4, 0.5) is 4.39 Å². The molecule has 0 aromatic heterocycles. The Kier molecular flexibility index (Phi) is 4.09. The van der Waals surface area contributed by atoms with Gasteiger partial charge in [0.1, 0.15) is 11.7 Å². The lowest BCUT2D eigenvalue weighted by molar-refractivity contribution is -0.129. The molecule has 1 aromatic carbocycles. The summed E-state index contributed by atoms with van der Waals surface area (Å²) >= 11 is 5.45. The molecule has 1 rings (SSSR count). The van der Waals surface area contributed by atoms with E-state index in [-0.39, 0.29) is 23.6 Å². The molecule has 1 aromatic rings. The Morgan fingerprint density at radius 2 is 2.00 bits per heavy atom. The van der Waals surface area contributed by atoms with Crippen LogP contribution in [-0.2, 0) is 4.79 Å². The first kappa shape index (κ1) is 12.0. The molecule has 1 unspecified atom stereocenters. The minimum atomic E-state index is -0.280. The van der Waals surface area contributed by atoms with E-state index in [1.165, 1.54) is 12.1 Å². The topological polar surface area (TPSA) is 20.3 Å². The number of halogens is 2. The zero-order chi connectivity index (χ0) is 11.4. The van der Waals surface area contributed by atoms with Gasteiger partial charge in [-0.2, -0.15) is 0 Å². The van der Waals surface area contributed by atoms with Crippen molar-refractivity contribution in [1.29, 1.82) is 0 Å². The number of benzene rings is 1. The van der Waals surface area contributed by atoms with Gasteiger partial charge in [0.25, 0.3) is 0 Å². The molecule has 1 amide bonds. The van der Waals surface area contributed by atoms with Crippen molar-refractivity contribution in [1.82, 2.24) is 4.90 Å². The number of nitrogens with zero attached hydrogens (tertiary/aromatic N) is 1. The zero-order valence-electron chi connectivity index (χ0n) is 8.71. The van der Waals surface area contributed by atoms with Crippen LogP contribution in [-0.4, -0.2) is 23.7 Å². The van der Waals surface area contributed by atoms with E-state index in [9.17, 15) is 9.18 Å². The number of amides is 1. The number of alkyl halides is 1. The summed E-state index contributed by atoms with van der Waals surface area (Å²) in [7, 11) is 1.68. The molecule has 15 heavy (non-hydrogen) atoms. The van der Waals surface area contributed by atoms with Gasteiger partial charge < -0.3 is 4.90 Å². The van der Waals surface area contributed by atoms with Crippen LogP contribution in [0.3, 0.4) is 0 Å². The lowest BCUT2D eigenvalue weighted by Gasteiger charge is -2.24. The molecule has 2 nitrogen and oxygen atoms in total. The van der Waals surface area contributed by atoms with Crippen LogP contribution in [0.1, 0.15) is 18.5 Å². The quantitative estimate of drug-likeness (QED) is 0.730. The molecular formula is C11H13ClFNO. The molecule has 0 aliphatic rings. The summed E-state index contributed by atoms with van der Waals surface area (Å²) < 4.78 is 12.7. The minimum absolute atomic E-state index is 0.0396. The largest absolute Gasteiger partial charge is 0.338 e. The predicted octanol–water partition coefficient (Wildman–Crippen LogP) is 2.58. The lowest BCUT2D eigenvalue weighted by Crippen LogP contribution is -2.30. The van der Waals surface area contributed by atoms with E-state index in [0.29, 0.717) is 0 Å². The maximum Gasteiger partial charge on any atom is 0.237 e. The first-order chi connectivity index (χ1) is 7.06. The van der Waals surface area contributed by atoms with Crippen LogP contribution in [0.2, 0.25) is 0 Å². The predicted molar refractivity (Wildman–Crippen MR) is 58.3 cm³/mol. The van der Waals surface area contributed by atoms with Gasteiger partial charge in [-0.1, -0.05) is 12.1 Å². The van der Waals surface area contributed by atoms with Gasteiger partial charge in [-0.05, 0) is 24.6 Å². The second-order valence-corrected chi connectivity index (χ2v) is 3.63. The molecule has 82 valence electrons. The average molecular weight is 230 g/mol. The number of hydrogen-bond acceptors (Lipinski definition) is 1. The van der Waals surface area contributed by atoms with Gasteiger partial charge in [0.2, 0.25) is 5.91 Å². The Bertz CT molecular complexity index is 339. The third-order valence-electron chi connectivity index (χ3n) is 2.44. The van der Waals surface area contributed by atoms with Gasteiger partial charge in [0.15, 0.2) is 0 Å². The van der Waals surface area contributed by atoms with Gasteiger partial charge in [-0.15, -0.1) is 11.6 Å². The van der Waals surface area contributed by atoms with Crippen LogP contribution < -0.4 is 0 Å². The molecule has 0 saturated heterocycles. The third-order valence-corrected chi connectivity index (χ3v) is 2.67. The standard InChI is InChI=1S/C11H13ClFNO/c1-8(14(2)11(15)7-12)9-3-5-10(13)6-4-9/h3-6,8H,7H2,1-2H3. The normalized spacial score (nSPS) is 12.3. The third kappa shape index (κ3) is 2.93. The molecule has 0 aliphatic heterocycles.